The molecule has 0 aliphatic carbocycles. The molecule has 1 amide bonds. The number of halogens is 1. The Labute approximate surface area is 117 Å². The molecule has 0 bridgehead atoms. The molecule has 0 saturated heterocycles. The number of rotatable bonds is 8. The maximum absolute atomic E-state index is 12.1. The zero-order valence-electron chi connectivity index (χ0n) is 10.8. The molecule has 0 N–H and O–H groups in total. The fourth-order valence-electron chi connectivity index (χ4n) is 1.72. The first-order valence-corrected chi connectivity index (χ1v) is 7.26. The van der Waals surface area contributed by atoms with Gasteiger partial charge in [0, 0.05) is 32.0 Å². The molecule has 0 atom stereocenters. The summed E-state index contributed by atoms with van der Waals surface area (Å²) in [5, 5.41) is 0.799. The highest BCUT2D eigenvalue weighted by Gasteiger charge is 2.12. The van der Waals surface area contributed by atoms with E-state index in [9.17, 15) is 4.79 Å². The minimum Gasteiger partial charge on any atom is -0.383 e. The van der Waals surface area contributed by atoms with Crippen molar-refractivity contribution in [3.63, 3.8) is 0 Å². The molecular formula is C14H20BrNO2. The summed E-state index contributed by atoms with van der Waals surface area (Å²) in [6.07, 6.45) is 1.35. The largest absolute Gasteiger partial charge is 0.383 e. The molecule has 100 valence electrons. The molecule has 1 aromatic rings. The van der Waals surface area contributed by atoms with Crippen molar-refractivity contribution in [2.75, 3.05) is 32.1 Å². The van der Waals surface area contributed by atoms with Crippen molar-refractivity contribution in [3.8, 4) is 0 Å². The van der Waals surface area contributed by atoms with Gasteiger partial charge in [-0.25, -0.2) is 0 Å². The van der Waals surface area contributed by atoms with Gasteiger partial charge < -0.3 is 9.64 Å². The molecule has 0 saturated carbocycles. The number of aryl methyl sites for hydroxylation is 1. The van der Waals surface area contributed by atoms with Gasteiger partial charge in [0.25, 0.3) is 0 Å². The zero-order valence-corrected chi connectivity index (χ0v) is 12.4. The van der Waals surface area contributed by atoms with Crippen LogP contribution < -0.4 is 0 Å². The first-order valence-electron chi connectivity index (χ1n) is 6.14. The standard InChI is InChI=1S/C14H20BrNO2/c1-18-12-11-16(10-9-15)14(17)8-7-13-5-3-2-4-6-13/h2-6H,7-12H2,1H3. The van der Waals surface area contributed by atoms with Crippen LogP contribution in [0.15, 0.2) is 30.3 Å². The third-order valence-corrected chi connectivity index (χ3v) is 3.10. The van der Waals surface area contributed by atoms with Gasteiger partial charge >= 0.3 is 0 Å². The number of alkyl halides is 1. The van der Waals surface area contributed by atoms with Crippen LogP contribution in [0.25, 0.3) is 0 Å². The Kier molecular flexibility index (Phi) is 7.69. The molecule has 1 rings (SSSR count). The van der Waals surface area contributed by atoms with E-state index < -0.39 is 0 Å². The molecule has 3 nitrogen and oxygen atoms in total. The molecule has 4 heteroatoms. The molecular weight excluding hydrogens is 294 g/mol. The van der Waals surface area contributed by atoms with Gasteiger partial charge in [0.1, 0.15) is 0 Å². The highest BCUT2D eigenvalue weighted by atomic mass is 79.9. The van der Waals surface area contributed by atoms with E-state index in [1.165, 1.54) is 5.56 Å². The van der Waals surface area contributed by atoms with Gasteiger partial charge in [-0.05, 0) is 12.0 Å². The topological polar surface area (TPSA) is 29.5 Å². The van der Waals surface area contributed by atoms with Crippen LogP contribution in [0.4, 0.5) is 0 Å². The van der Waals surface area contributed by atoms with E-state index in [1.54, 1.807) is 7.11 Å². The molecule has 0 aromatic heterocycles. The van der Waals surface area contributed by atoms with E-state index in [1.807, 2.05) is 23.1 Å². The second-order valence-corrected chi connectivity index (χ2v) is 4.84. The number of ether oxygens (including phenoxy) is 1. The number of carbonyl (C=O) groups is 1. The number of hydrogen-bond acceptors (Lipinski definition) is 2. The van der Waals surface area contributed by atoms with Crippen molar-refractivity contribution < 1.29 is 9.53 Å². The van der Waals surface area contributed by atoms with Crippen LogP contribution in [0.1, 0.15) is 12.0 Å². The lowest BCUT2D eigenvalue weighted by molar-refractivity contribution is -0.131. The third kappa shape index (κ3) is 5.65. The van der Waals surface area contributed by atoms with Crippen LogP contribution in [0, 0.1) is 0 Å². The Morgan fingerprint density at radius 3 is 2.61 bits per heavy atom. The molecule has 0 fully saturated rings. The Morgan fingerprint density at radius 2 is 2.00 bits per heavy atom. The van der Waals surface area contributed by atoms with Crippen LogP contribution in [-0.4, -0.2) is 42.9 Å². The van der Waals surface area contributed by atoms with Gasteiger partial charge in [-0.1, -0.05) is 46.3 Å². The third-order valence-electron chi connectivity index (χ3n) is 2.74. The van der Waals surface area contributed by atoms with Crippen molar-refractivity contribution in [2.24, 2.45) is 0 Å². The molecule has 0 unspecified atom stereocenters. The van der Waals surface area contributed by atoms with Gasteiger partial charge in [0.05, 0.1) is 6.61 Å². The van der Waals surface area contributed by atoms with Crippen LogP contribution in [0.2, 0.25) is 0 Å². The average Bonchev–Trinajstić information content (AvgIpc) is 2.42. The molecule has 0 radical (unpaired) electrons. The number of benzene rings is 1. The molecule has 1 aromatic carbocycles. The van der Waals surface area contributed by atoms with Crippen molar-refractivity contribution in [1.82, 2.24) is 4.90 Å². The summed E-state index contributed by atoms with van der Waals surface area (Å²) in [4.78, 5) is 13.9. The SMILES string of the molecule is COCCN(CCBr)C(=O)CCc1ccccc1. The van der Waals surface area contributed by atoms with E-state index >= 15 is 0 Å². The molecule has 0 aliphatic rings. The second kappa shape index (κ2) is 9.11. The summed E-state index contributed by atoms with van der Waals surface area (Å²) in [6.45, 7) is 1.98. The lowest BCUT2D eigenvalue weighted by Crippen LogP contribution is -2.35. The summed E-state index contributed by atoms with van der Waals surface area (Å²) in [6, 6.07) is 10.1. The predicted octanol–water partition coefficient (Wildman–Crippen LogP) is 2.49. The van der Waals surface area contributed by atoms with E-state index in [0.717, 1.165) is 18.3 Å². The maximum Gasteiger partial charge on any atom is 0.223 e. The first kappa shape index (κ1) is 15.2. The molecule has 0 aliphatic heterocycles. The van der Waals surface area contributed by atoms with E-state index in [4.69, 9.17) is 4.74 Å². The number of methoxy groups -OCH3 is 1. The van der Waals surface area contributed by atoms with Crippen molar-refractivity contribution >= 4 is 21.8 Å². The zero-order chi connectivity index (χ0) is 13.2. The molecule has 18 heavy (non-hydrogen) atoms. The summed E-state index contributed by atoms with van der Waals surface area (Å²) < 4.78 is 5.02. The summed E-state index contributed by atoms with van der Waals surface area (Å²) in [5.41, 5.74) is 1.20. The average molecular weight is 314 g/mol. The number of hydrogen-bond donors (Lipinski definition) is 0. The predicted molar refractivity (Wildman–Crippen MR) is 77.0 cm³/mol. The van der Waals surface area contributed by atoms with Crippen molar-refractivity contribution in [1.29, 1.82) is 0 Å². The number of nitrogens with zero attached hydrogens (tertiary/aromatic N) is 1. The number of carbonyl (C=O) groups excluding carboxylic acids is 1. The maximum atomic E-state index is 12.1. The van der Waals surface area contributed by atoms with E-state index in [0.29, 0.717) is 19.6 Å². The fraction of sp³-hybridized carbons (Fsp3) is 0.500. The highest BCUT2D eigenvalue weighted by Crippen LogP contribution is 2.05. The summed E-state index contributed by atoms with van der Waals surface area (Å²) in [7, 11) is 1.65. The minimum absolute atomic E-state index is 0.190. The van der Waals surface area contributed by atoms with Gasteiger partial charge in [-0.3, -0.25) is 4.79 Å². The summed E-state index contributed by atoms with van der Waals surface area (Å²) in [5.74, 6) is 0.190. The van der Waals surface area contributed by atoms with E-state index in [-0.39, 0.29) is 5.91 Å². The van der Waals surface area contributed by atoms with Crippen molar-refractivity contribution in [2.45, 2.75) is 12.8 Å². The quantitative estimate of drug-likeness (QED) is 0.690. The molecule has 0 heterocycles. The van der Waals surface area contributed by atoms with Gasteiger partial charge in [-0.2, -0.15) is 0 Å². The Morgan fingerprint density at radius 1 is 1.28 bits per heavy atom. The second-order valence-electron chi connectivity index (χ2n) is 4.05. The normalized spacial score (nSPS) is 10.3. The van der Waals surface area contributed by atoms with Gasteiger partial charge in [-0.15, -0.1) is 0 Å². The fourth-order valence-corrected chi connectivity index (χ4v) is 2.15. The molecule has 0 spiro atoms. The van der Waals surface area contributed by atoms with Crippen LogP contribution >= 0.6 is 15.9 Å². The van der Waals surface area contributed by atoms with E-state index in [2.05, 4.69) is 28.1 Å². The number of amides is 1. The van der Waals surface area contributed by atoms with Crippen molar-refractivity contribution in [3.05, 3.63) is 35.9 Å². The van der Waals surface area contributed by atoms with Crippen LogP contribution in [0.5, 0.6) is 0 Å². The summed E-state index contributed by atoms with van der Waals surface area (Å²) >= 11 is 3.37. The highest BCUT2D eigenvalue weighted by molar-refractivity contribution is 9.09. The van der Waals surface area contributed by atoms with Gasteiger partial charge in [0.2, 0.25) is 5.91 Å². The first-order chi connectivity index (χ1) is 8.77. The monoisotopic (exact) mass is 313 g/mol. The minimum atomic E-state index is 0.190. The van der Waals surface area contributed by atoms with Crippen LogP contribution in [-0.2, 0) is 16.0 Å². The van der Waals surface area contributed by atoms with Gasteiger partial charge in [0.15, 0.2) is 0 Å². The Bertz CT molecular complexity index is 343. The lowest BCUT2D eigenvalue weighted by atomic mass is 10.1. The lowest BCUT2D eigenvalue weighted by Gasteiger charge is -2.21. The Hall–Kier alpha value is -0.870. The van der Waals surface area contributed by atoms with Crippen LogP contribution in [0.3, 0.4) is 0 Å². The smallest absolute Gasteiger partial charge is 0.223 e. The Balaban J connectivity index is 2.40.